The summed E-state index contributed by atoms with van der Waals surface area (Å²) in [7, 11) is 0. The molecule has 1 N–H and O–H groups in total. The number of halogens is 1. The van der Waals surface area contributed by atoms with Crippen LogP contribution in [0.2, 0.25) is 0 Å². The van der Waals surface area contributed by atoms with Crippen molar-refractivity contribution in [1.82, 2.24) is 25.1 Å². The number of pyridine rings is 1. The van der Waals surface area contributed by atoms with Crippen molar-refractivity contribution in [2.24, 2.45) is 0 Å². The Bertz CT molecular complexity index is 1200. The van der Waals surface area contributed by atoms with Crippen LogP contribution in [0.25, 0.3) is 16.9 Å². The minimum absolute atomic E-state index is 0.213. The molecule has 6 nitrogen and oxygen atoms in total. The Morgan fingerprint density at radius 2 is 1.93 bits per heavy atom. The number of nitrogens with one attached hydrogen (secondary N) is 1. The predicted molar refractivity (Wildman–Crippen MR) is 112 cm³/mol. The number of amides is 1. The van der Waals surface area contributed by atoms with E-state index in [1.54, 1.807) is 29.2 Å². The van der Waals surface area contributed by atoms with Gasteiger partial charge < -0.3 is 5.32 Å². The number of aromatic nitrogens is 4. The first-order valence-corrected chi connectivity index (χ1v) is 10.6. The van der Waals surface area contributed by atoms with E-state index in [-0.39, 0.29) is 11.7 Å². The maximum absolute atomic E-state index is 13.3. The fourth-order valence-corrected chi connectivity index (χ4v) is 4.45. The molecule has 3 aromatic heterocycles. The first kappa shape index (κ1) is 18.6. The fraction of sp³-hybridized carbons (Fsp3) is 0.182. The van der Waals surface area contributed by atoms with Crippen molar-refractivity contribution in [2.75, 3.05) is 0 Å². The van der Waals surface area contributed by atoms with Gasteiger partial charge in [-0.05, 0) is 55.7 Å². The van der Waals surface area contributed by atoms with Gasteiger partial charge in [0.1, 0.15) is 10.8 Å². The average Bonchev–Trinajstić information content (AvgIpc) is 3.50. The molecule has 0 saturated carbocycles. The van der Waals surface area contributed by atoms with Crippen LogP contribution < -0.4 is 5.32 Å². The van der Waals surface area contributed by atoms with Crippen molar-refractivity contribution in [3.8, 4) is 16.9 Å². The lowest BCUT2D eigenvalue weighted by Crippen LogP contribution is -2.24. The van der Waals surface area contributed by atoms with E-state index in [2.05, 4.69) is 20.4 Å². The lowest BCUT2D eigenvalue weighted by Gasteiger charge is -2.05. The average molecular weight is 419 g/mol. The van der Waals surface area contributed by atoms with E-state index in [1.165, 1.54) is 23.5 Å². The third kappa shape index (κ3) is 3.50. The minimum Gasteiger partial charge on any atom is -0.344 e. The Hall–Kier alpha value is -3.39. The maximum atomic E-state index is 13.3. The number of rotatable bonds is 5. The number of nitrogens with zero attached hydrogens (tertiary/aromatic N) is 4. The number of benzene rings is 1. The zero-order chi connectivity index (χ0) is 20.5. The molecule has 0 atom stereocenters. The summed E-state index contributed by atoms with van der Waals surface area (Å²) in [6.07, 6.45) is 6.12. The molecule has 5 rings (SSSR count). The number of thiazole rings is 1. The molecule has 0 bridgehead atoms. The molecule has 4 aromatic rings. The van der Waals surface area contributed by atoms with E-state index in [0.717, 1.165) is 52.5 Å². The zero-order valence-corrected chi connectivity index (χ0v) is 16.8. The topological polar surface area (TPSA) is 72.7 Å². The van der Waals surface area contributed by atoms with Gasteiger partial charge >= 0.3 is 0 Å². The second-order valence-electron chi connectivity index (χ2n) is 7.06. The number of carbonyl (C=O) groups is 1. The van der Waals surface area contributed by atoms with E-state index in [4.69, 9.17) is 0 Å². The van der Waals surface area contributed by atoms with Crippen molar-refractivity contribution < 1.29 is 9.18 Å². The van der Waals surface area contributed by atoms with Crippen molar-refractivity contribution >= 4 is 17.2 Å². The molecule has 1 aliphatic rings. The molecule has 3 heterocycles. The van der Waals surface area contributed by atoms with Crippen LogP contribution in [0.4, 0.5) is 4.39 Å². The zero-order valence-electron chi connectivity index (χ0n) is 16.0. The Kier molecular flexibility index (Phi) is 4.84. The van der Waals surface area contributed by atoms with E-state index in [0.29, 0.717) is 12.2 Å². The number of hydrogen-bond donors (Lipinski definition) is 1. The standard InChI is InChI=1S/C22H18FN5OS/c23-15-4-6-16(7-5-15)28-19-3-1-2-17(19)21(27-28)22(29)25-12-20-26-18(13-30-20)14-8-10-24-11-9-14/h4-11,13H,1-3,12H2,(H,25,29). The van der Waals surface area contributed by atoms with Crippen LogP contribution in [0.15, 0.2) is 54.2 Å². The van der Waals surface area contributed by atoms with Crippen molar-refractivity contribution in [3.05, 3.63) is 81.9 Å². The fourth-order valence-electron chi connectivity index (χ4n) is 3.70. The van der Waals surface area contributed by atoms with E-state index >= 15 is 0 Å². The molecule has 8 heteroatoms. The van der Waals surface area contributed by atoms with Gasteiger partial charge in [-0.1, -0.05) is 0 Å². The summed E-state index contributed by atoms with van der Waals surface area (Å²) < 4.78 is 15.0. The van der Waals surface area contributed by atoms with E-state index < -0.39 is 0 Å². The van der Waals surface area contributed by atoms with Crippen LogP contribution in [-0.4, -0.2) is 25.7 Å². The number of hydrogen-bond acceptors (Lipinski definition) is 5. The molecule has 0 spiro atoms. The second-order valence-corrected chi connectivity index (χ2v) is 8.00. The maximum Gasteiger partial charge on any atom is 0.272 e. The lowest BCUT2D eigenvalue weighted by molar-refractivity contribution is 0.0944. The molecule has 30 heavy (non-hydrogen) atoms. The molecule has 1 aromatic carbocycles. The van der Waals surface area contributed by atoms with Crippen molar-refractivity contribution in [3.63, 3.8) is 0 Å². The first-order chi connectivity index (χ1) is 14.7. The quantitative estimate of drug-likeness (QED) is 0.532. The largest absolute Gasteiger partial charge is 0.344 e. The van der Waals surface area contributed by atoms with Crippen LogP contribution in [0.3, 0.4) is 0 Å². The Morgan fingerprint density at radius 1 is 1.13 bits per heavy atom. The van der Waals surface area contributed by atoms with Crippen LogP contribution in [0.5, 0.6) is 0 Å². The van der Waals surface area contributed by atoms with Crippen LogP contribution in [0.1, 0.15) is 33.2 Å². The summed E-state index contributed by atoms with van der Waals surface area (Å²) in [6.45, 7) is 0.340. The molecular weight excluding hydrogens is 401 g/mol. The Balaban J connectivity index is 1.34. The van der Waals surface area contributed by atoms with E-state index in [1.807, 2.05) is 17.5 Å². The third-order valence-electron chi connectivity index (χ3n) is 5.14. The summed E-state index contributed by atoms with van der Waals surface area (Å²) in [4.78, 5) is 21.5. The summed E-state index contributed by atoms with van der Waals surface area (Å²) in [6, 6.07) is 9.98. The lowest BCUT2D eigenvalue weighted by atomic mass is 10.2. The van der Waals surface area contributed by atoms with Gasteiger partial charge in [0, 0.05) is 34.6 Å². The highest BCUT2D eigenvalue weighted by Gasteiger charge is 2.27. The highest BCUT2D eigenvalue weighted by atomic mass is 32.1. The molecule has 0 saturated heterocycles. The monoisotopic (exact) mass is 419 g/mol. The summed E-state index contributed by atoms with van der Waals surface area (Å²) in [5.74, 6) is -0.509. The van der Waals surface area contributed by atoms with E-state index in [9.17, 15) is 9.18 Å². The molecule has 0 aliphatic heterocycles. The smallest absolute Gasteiger partial charge is 0.272 e. The third-order valence-corrected chi connectivity index (χ3v) is 5.99. The molecule has 1 amide bonds. The second kappa shape index (κ2) is 7.79. The predicted octanol–water partition coefficient (Wildman–Crippen LogP) is 3.95. The number of fused-ring (bicyclic) bond motifs is 1. The molecular formula is C22H18FN5OS. The van der Waals surface area contributed by atoms with Crippen LogP contribution in [0, 0.1) is 5.82 Å². The van der Waals surface area contributed by atoms with Crippen molar-refractivity contribution in [2.45, 2.75) is 25.8 Å². The highest BCUT2D eigenvalue weighted by Crippen LogP contribution is 2.28. The van der Waals surface area contributed by atoms with Gasteiger partial charge in [-0.25, -0.2) is 14.1 Å². The molecule has 0 radical (unpaired) electrons. The van der Waals surface area contributed by atoms with Crippen LogP contribution in [-0.2, 0) is 19.4 Å². The molecule has 1 aliphatic carbocycles. The Morgan fingerprint density at radius 3 is 2.73 bits per heavy atom. The van der Waals surface area contributed by atoms with Gasteiger partial charge in [-0.2, -0.15) is 5.10 Å². The first-order valence-electron chi connectivity index (χ1n) is 9.69. The normalized spacial score (nSPS) is 12.7. The molecule has 0 fully saturated rings. The van der Waals surface area contributed by atoms with Gasteiger partial charge in [0.2, 0.25) is 0 Å². The minimum atomic E-state index is -0.296. The summed E-state index contributed by atoms with van der Waals surface area (Å²) >= 11 is 1.50. The van der Waals surface area contributed by atoms with Gasteiger partial charge in [-0.3, -0.25) is 9.78 Å². The summed E-state index contributed by atoms with van der Waals surface area (Å²) in [5, 5.41) is 10.3. The summed E-state index contributed by atoms with van der Waals surface area (Å²) in [5.41, 5.74) is 5.07. The number of carbonyl (C=O) groups excluding carboxylic acids is 1. The van der Waals surface area contributed by atoms with Gasteiger partial charge in [-0.15, -0.1) is 11.3 Å². The molecule has 150 valence electrons. The van der Waals surface area contributed by atoms with Gasteiger partial charge in [0.25, 0.3) is 5.91 Å². The highest BCUT2D eigenvalue weighted by molar-refractivity contribution is 7.09. The molecule has 0 unspecified atom stereocenters. The van der Waals surface area contributed by atoms with Crippen molar-refractivity contribution in [1.29, 1.82) is 0 Å². The Labute approximate surface area is 176 Å². The van der Waals surface area contributed by atoms with Gasteiger partial charge in [0.15, 0.2) is 5.69 Å². The SMILES string of the molecule is O=C(NCc1nc(-c2ccncc2)cs1)c1nn(-c2ccc(F)cc2)c2c1CCC2. The van der Waals surface area contributed by atoms with Gasteiger partial charge in [0.05, 0.1) is 17.9 Å². The van der Waals surface area contributed by atoms with Crippen LogP contribution >= 0.6 is 11.3 Å².